The molecule has 0 radical (unpaired) electrons. The Kier molecular flexibility index (Phi) is 3.95. The topological polar surface area (TPSA) is 18.5 Å². The van der Waals surface area contributed by atoms with Gasteiger partial charge in [0.25, 0.3) is 0 Å². The first-order valence-electron chi connectivity index (χ1n) is 5.14. The molecule has 0 aromatic rings. The number of rotatable bonds is 3. The van der Waals surface area contributed by atoms with Crippen LogP contribution >= 0.6 is 0 Å². The van der Waals surface area contributed by atoms with Crippen molar-refractivity contribution >= 4 is 9.28 Å². The standard InChI is InChI=1S/C10H22O2Si/c1-10(2)7-5-6-9(8-10)13(11-3)12-4/h9,13H,5-8H2,1-4H3. The molecule has 0 aromatic carbocycles. The van der Waals surface area contributed by atoms with E-state index in [1.54, 1.807) is 14.2 Å². The summed E-state index contributed by atoms with van der Waals surface area (Å²) >= 11 is 0. The van der Waals surface area contributed by atoms with Crippen molar-refractivity contribution < 1.29 is 8.85 Å². The summed E-state index contributed by atoms with van der Waals surface area (Å²) in [4.78, 5) is 0. The molecule has 2 nitrogen and oxygen atoms in total. The third-order valence-electron chi connectivity index (χ3n) is 3.09. The molecule has 1 aliphatic rings. The molecular formula is C10H22O2Si. The zero-order valence-electron chi connectivity index (χ0n) is 9.30. The molecule has 1 saturated carbocycles. The van der Waals surface area contributed by atoms with E-state index in [2.05, 4.69) is 13.8 Å². The van der Waals surface area contributed by atoms with Crippen LogP contribution in [0, 0.1) is 5.41 Å². The van der Waals surface area contributed by atoms with E-state index in [1.807, 2.05) is 0 Å². The molecule has 0 aromatic heterocycles. The minimum atomic E-state index is -1.36. The molecule has 1 unspecified atom stereocenters. The smallest absolute Gasteiger partial charge is 0.324 e. The third-order valence-corrected chi connectivity index (χ3v) is 5.36. The van der Waals surface area contributed by atoms with Crippen LogP contribution in [0.15, 0.2) is 0 Å². The van der Waals surface area contributed by atoms with Gasteiger partial charge in [-0.25, -0.2) is 0 Å². The Morgan fingerprint density at radius 1 is 1.23 bits per heavy atom. The molecular weight excluding hydrogens is 180 g/mol. The van der Waals surface area contributed by atoms with E-state index in [0.29, 0.717) is 5.41 Å². The Bertz CT molecular complexity index is 155. The summed E-state index contributed by atoms with van der Waals surface area (Å²) in [7, 11) is 2.23. The van der Waals surface area contributed by atoms with Crippen molar-refractivity contribution in [3.05, 3.63) is 0 Å². The van der Waals surface area contributed by atoms with Crippen molar-refractivity contribution in [2.45, 2.75) is 45.1 Å². The van der Waals surface area contributed by atoms with E-state index < -0.39 is 9.28 Å². The summed E-state index contributed by atoms with van der Waals surface area (Å²) in [6.07, 6.45) is 5.29. The highest BCUT2D eigenvalue weighted by molar-refractivity contribution is 6.46. The minimum Gasteiger partial charge on any atom is -0.400 e. The van der Waals surface area contributed by atoms with Crippen LogP contribution in [0.1, 0.15) is 39.5 Å². The van der Waals surface area contributed by atoms with Crippen LogP contribution in [0.5, 0.6) is 0 Å². The van der Waals surface area contributed by atoms with E-state index in [-0.39, 0.29) is 0 Å². The second-order valence-electron chi connectivity index (χ2n) is 4.86. The summed E-state index contributed by atoms with van der Waals surface area (Å²) in [5.74, 6) is 0. The summed E-state index contributed by atoms with van der Waals surface area (Å²) < 4.78 is 10.9. The normalized spacial score (nSPS) is 27.9. The van der Waals surface area contributed by atoms with E-state index in [4.69, 9.17) is 8.85 Å². The zero-order valence-corrected chi connectivity index (χ0v) is 10.5. The fourth-order valence-electron chi connectivity index (χ4n) is 2.47. The fourth-order valence-corrected chi connectivity index (χ4v) is 4.77. The summed E-state index contributed by atoms with van der Waals surface area (Å²) in [6.45, 7) is 4.71. The van der Waals surface area contributed by atoms with Gasteiger partial charge in [-0.2, -0.15) is 0 Å². The first-order valence-corrected chi connectivity index (χ1v) is 6.75. The average Bonchev–Trinajstić information content (AvgIpc) is 2.05. The molecule has 3 heteroatoms. The van der Waals surface area contributed by atoms with Crippen LogP contribution in [0.3, 0.4) is 0 Å². The van der Waals surface area contributed by atoms with Gasteiger partial charge in [0.1, 0.15) is 0 Å². The second kappa shape index (κ2) is 4.58. The Hall–Kier alpha value is 0.137. The Morgan fingerprint density at radius 3 is 2.31 bits per heavy atom. The van der Waals surface area contributed by atoms with Crippen molar-refractivity contribution in [2.75, 3.05) is 14.2 Å². The van der Waals surface area contributed by atoms with Gasteiger partial charge in [0.05, 0.1) is 0 Å². The molecule has 1 aliphatic carbocycles. The van der Waals surface area contributed by atoms with E-state index in [1.165, 1.54) is 25.7 Å². The Morgan fingerprint density at radius 2 is 1.85 bits per heavy atom. The molecule has 0 amide bonds. The minimum absolute atomic E-state index is 0.505. The second-order valence-corrected chi connectivity index (χ2v) is 7.48. The molecule has 78 valence electrons. The molecule has 0 saturated heterocycles. The van der Waals surface area contributed by atoms with Gasteiger partial charge in [0, 0.05) is 19.8 Å². The monoisotopic (exact) mass is 202 g/mol. The third kappa shape index (κ3) is 3.08. The molecule has 13 heavy (non-hydrogen) atoms. The molecule has 1 rings (SSSR count). The van der Waals surface area contributed by atoms with Crippen molar-refractivity contribution in [3.8, 4) is 0 Å². The predicted octanol–water partition coefficient (Wildman–Crippen LogP) is 2.47. The van der Waals surface area contributed by atoms with Gasteiger partial charge < -0.3 is 8.85 Å². The number of hydrogen-bond acceptors (Lipinski definition) is 2. The molecule has 0 spiro atoms. The average molecular weight is 202 g/mol. The molecule has 0 heterocycles. The first kappa shape index (κ1) is 11.2. The summed E-state index contributed by atoms with van der Waals surface area (Å²) in [6, 6.07) is 0. The molecule has 0 aliphatic heterocycles. The largest absolute Gasteiger partial charge is 0.400 e. The van der Waals surface area contributed by atoms with Gasteiger partial charge in [-0.1, -0.05) is 20.3 Å². The highest BCUT2D eigenvalue weighted by Crippen LogP contribution is 2.42. The quantitative estimate of drug-likeness (QED) is 0.655. The molecule has 1 atom stereocenters. The van der Waals surface area contributed by atoms with Crippen molar-refractivity contribution in [1.29, 1.82) is 0 Å². The molecule has 0 N–H and O–H groups in total. The maximum Gasteiger partial charge on any atom is 0.324 e. The fraction of sp³-hybridized carbons (Fsp3) is 1.00. The Balaban J connectivity index is 2.50. The lowest BCUT2D eigenvalue weighted by molar-refractivity contribution is 0.197. The van der Waals surface area contributed by atoms with Crippen LogP contribution in [-0.2, 0) is 8.85 Å². The van der Waals surface area contributed by atoms with E-state index in [0.717, 1.165) is 5.54 Å². The van der Waals surface area contributed by atoms with E-state index >= 15 is 0 Å². The maximum atomic E-state index is 5.45. The molecule has 0 bridgehead atoms. The lowest BCUT2D eigenvalue weighted by Gasteiger charge is -2.36. The van der Waals surface area contributed by atoms with Crippen LogP contribution in [0.25, 0.3) is 0 Å². The summed E-state index contributed by atoms with van der Waals surface area (Å²) in [5, 5.41) is 0. The Labute approximate surface area is 83.5 Å². The summed E-state index contributed by atoms with van der Waals surface area (Å²) in [5.41, 5.74) is 1.23. The molecule has 1 fully saturated rings. The number of hydrogen-bond donors (Lipinski definition) is 0. The van der Waals surface area contributed by atoms with Crippen LogP contribution < -0.4 is 0 Å². The van der Waals surface area contributed by atoms with Crippen molar-refractivity contribution in [3.63, 3.8) is 0 Å². The maximum absolute atomic E-state index is 5.45. The van der Waals surface area contributed by atoms with Crippen LogP contribution in [0.4, 0.5) is 0 Å². The van der Waals surface area contributed by atoms with Crippen LogP contribution in [0.2, 0.25) is 5.54 Å². The SMILES string of the molecule is CO[SiH](OC)C1CCCC(C)(C)C1. The van der Waals surface area contributed by atoms with Gasteiger partial charge >= 0.3 is 9.28 Å². The van der Waals surface area contributed by atoms with Crippen LogP contribution in [-0.4, -0.2) is 23.5 Å². The highest BCUT2D eigenvalue weighted by Gasteiger charge is 2.34. The van der Waals surface area contributed by atoms with Crippen molar-refractivity contribution in [1.82, 2.24) is 0 Å². The van der Waals surface area contributed by atoms with Gasteiger partial charge in [-0.15, -0.1) is 0 Å². The highest BCUT2D eigenvalue weighted by atomic mass is 28.3. The predicted molar refractivity (Wildman–Crippen MR) is 57.2 cm³/mol. The van der Waals surface area contributed by atoms with Crippen molar-refractivity contribution in [2.24, 2.45) is 5.41 Å². The van der Waals surface area contributed by atoms with Gasteiger partial charge in [-0.3, -0.25) is 0 Å². The van der Waals surface area contributed by atoms with Gasteiger partial charge in [0.2, 0.25) is 0 Å². The van der Waals surface area contributed by atoms with Gasteiger partial charge in [0.15, 0.2) is 0 Å². The first-order chi connectivity index (χ1) is 6.09. The zero-order chi connectivity index (χ0) is 9.90. The lowest BCUT2D eigenvalue weighted by Crippen LogP contribution is -2.32. The van der Waals surface area contributed by atoms with Gasteiger partial charge in [-0.05, 0) is 24.7 Å². The van der Waals surface area contributed by atoms with E-state index in [9.17, 15) is 0 Å². The lowest BCUT2D eigenvalue weighted by atomic mass is 9.77.